The van der Waals surface area contributed by atoms with E-state index in [2.05, 4.69) is 10.4 Å². The number of rotatable bonds is 4. The maximum absolute atomic E-state index is 11.8. The standard InChI is InChI=1S/C12H16N4OS/c1-15(8-10-6-14-16(2)9-10)12(17)13-7-11-4-3-5-18-11/h3-6,9H,7-8H2,1-2H3,(H,13,17). The Labute approximate surface area is 110 Å². The molecule has 0 aliphatic rings. The molecular weight excluding hydrogens is 248 g/mol. The van der Waals surface area contributed by atoms with Crippen molar-refractivity contribution in [2.75, 3.05) is 7.05 Å². The molecule has 1 N–H and O–H groups in total. The van der Waals surface area contributed by atoms with E-state index in [-0.39, 0.29) is 6.03 Å². The maximum Gasteiger partial charge on any atom is 0.317 e. The zero-order chi connectivity index (χ0) is 13.0. The summed E-state index contributed by atoms with van der Waals surface area (Å²) >= 11 is 1.64. The van der Waals surface area contributed by atoms with E-state index in [4.69, 9.17) is 0 Å². The zero-order valence-corrected chi connectivity index (χ0v) is 11.3. The summed E-state index contributed by atoms with van der Waals surface area (Å²) in [6.07, 6.45) is 3.67. The van der Waals surface area contributed by atoms with Gasteiger partial charge in [-0.15, -0.1) is 11.3 Å². The molecule has 0 radical (unpaired) electrons. The number of nitrogens with zero attached hydrogens (tertiary/aromatic N) is 3. The Balaban J connectivity index is 1.81. The molecule has 2 aromatic rings. The molecule has 18 heavy (non-hydrogen) atoms. The van der Waals surface area contributed by atoms with Crippen LogP contribution in [0.5, 0.6) is 0 Å². The highest BCUT2D eigenvalue weighted by atomic mass is 32.1. The molecule has 0 saturated heterocycles. The van der Waals surface area contributed by atoms with Crippen molar-refractivity contribution in [1.29, 1.82) is 0 Å². The molecule has 2 aromatic heterocycles. The second kappa shape index (κ2) is 5.68. The first-order valence-corrected chi connectivity index (χ1v) is 6.52. The summed E-state index contributed by atoms with van der Waals surface area (Å²) < 4.78 is 1.73. The minimum absolute atomic E-state index is 0.0766. The van der Waals surface area contributed by atoms with Gasteiger partial charge in [-0.3, -0.25) is 4.68 Å². The minimum Gasteiger partial charge on any atom is -0.333 e. The molecule has 0 bridgehead atoms. The Bertz CT molecular complexity index is 506. The van der Waals surface area contributed by atoms with E-state index in [1.807, 2.05) is 30.8 Å². The number of hydrogen-bond donors (Lipinski definition) is 1. The van der Waals surface area contributed by atoms with E-state index in [9.17, 15) is 4.79 Å². The minimum atomic E-state index is -0.0766. The van der Waals surface area contributed by atoms with Gasteiger partial charge in [-0.2, -0.15) is 5.10 Å². The van der Waals surface area contributed by atoms with Gasteiger partial charge in [0.1, 0.15) is 0 Å². The third-order valence-electron chi connectivity index (χ3n) is 2.52. The average molecular weight is 264 g/mol. The first-order valence-electron chi connectivity index (χ1n) is 5.64. The highest BCUT2D eigenvalue weighted by Gasteiger charge is 2.09. The van der Waals surface area contributed by atoms with Crippen LogP contribution in [0.3, 0.4) is 0 Å². The van der Waals surface area contributed by atoms with Gasteiger partial charge in [0, 0.05) is 30.7 Å². The molecule has 96 valence electrons. The third-order valence-corrected chi connectivity index (χ3v) is 3.40. The van der Waals surface area contributed by atoms with E-state index in [0.717, 1.165) is 10.4 Å². The second-order valence-corrected chi connectivity index (χ2v) is 5.15. The molecule has 0 aromatic carbocycles. The van der Waals surface area contributed by atoms with E-state index in [1.54, 1.807) is 34.2 Å². The van der Waals surface area contributed by atoms with E-state index in [1.165, 1.54) is 0 Å². The first-order chi connectivity index (χ1) is 8.65. The lowest BCUT2D eigenvalue weighted by Crippen LogP contribution is -2.36. The highest BCUT2D eigenvalue weighted by molar-refractivity contribution is 7.09. The van der Waals surface area contributed by atoms with Crippen molar-refractivity contribution >= 4 is 17.4 Å². The van der Waals surface area contributed by atoms with Gasteiger partial charge in [0.25, 0.3) is 0 Å². The predicted molar refractivity (Wildman–Crippen MR) is 71.2 cm³/mol. The molecule has 2 rings (SSSR count). The Hall–Kier alpha value is -1.82. The number of nitrogens with one attached hydrogen (secondary N) is 1. The van der Waals surface area contributed by atoms with Gasteiger partial charge in [0.15, 0.2) is 0 Å². The predicted octanol–water partition coefficient (Wildman–Crippen LogP) is 1.82. The Morgan fingerprint density at radius 1 is 1.61 bits per heavy atom. The molecule has 5 nitrogen and oxygen atoms in total. The van der Waals surface area contributed by atoms with Crippen molar-refractivity contribution in [3.63, 3.8) is 0 Å². The Kier molecular flexibility index (Phi) is 3.99. The summed E-state index contributed by atoms with van der Waals surface area (Å²) in [5, 5.41) is 8.96. The van der Waals surface area contributed by atoms with Crippen LogP contribution in [-0.2, 0) is 20.1 Å². The van der Waals surface area contributed by atoms with Gasteiger partial charge < -0.3 is 10.2 Å². The van der Waals surface area contributed by atoms with Gasteiger partial charge in [-0.1, -0.05) is 6.07 Å². The summed E-state index contributed by atoms with van der Waals surface area (Å²) in [4.78, 5) is 14.6. The van der Waals surface area contributed by atoms with Crippen LogP contribution in [0.2, 0.25) is 0 Å². The second-order valence-electron chi connectivity index (χ2n) is 4.12. The van der Waals surface area contributed by atoms with Crippen LogP contribution < -0.4 is 5.32 Å². The summed E-state index contributed by atoms with van der Waals surface area (Å²) in [6, 6.07) is 3.91. The molecular formula is C12H16N4OS. The molecule has 0 atom stereocenters. The molecule has 0 saturated carbocycles. The average Bonchev–Trinajstić information content (AvgIpc) is 2.97. The molecule has 6 heteroatoms. The van der Waals surface area contributed by atoms with Crippen LogP contribution in [0.15, 0.2) is 29.9 Å². The Morgan fingerprint density at radius 3 is 3.06 bits per heavy atom. The van der Waals surface area contributed by atoms with Gasteiger partial charge in [-0.25, -0.2) is 4.79 Å². The van der Waals surface area contributed by atoms with Crippen molar-refractivity contribution in [2.24, 2.45) is 7.05 Å². The lowest BCUT2D eigenvalue weighted by Gasteiger charge is -2.16. The lowest BCUT2D eigenvalue weighted by molar-refractivity contribution is 0.206. The summed E-state index contributed by atoms with van der Waals surface area (Å²) in [6.45, 7) is 1.14. The summed E-state index contributed by atoms with van der Waals surface area (Å²) in [5.74, 6) is 0. The van der Waals surface area contributed by atoms with Crippen LogP contribution in [0.25, 0.3) is 0 Å². The van der Waals surface area contributed by atoms with Crippen LogP contribution in [0.4, 0.5) is 4.79 Å². The van der Waals surface area contributed by atoms with Crippen LogP contribution in [0, 0.1) is 0 Å². The fraction of sp³-hybridized carbons (Fsp3) is 0.333. The quantitative estimate of drug-likeness (QED) is 0.916. The third kappa shape index (κ3) is 3.33. The van der Waals surface area contributed by atoms with Crippen molar-refractivity contribution in [3.8, 4) is 0 Å². The van der Waals surface area contributed by atoms with E-state index >= 15 is 0 Å². The van der Waals surface area contributed by atoms with Crippen molar-refractivity contribution in [3.05, 3.63) is 40.3 Å². The fourth-order valence-electron chi connectivity index (χ4n) is 1.61. The van der Waals surface area contributed by atoms with E-state index in [0.29, 0.717) is 13.1 Å². The zero-order valence-electron chi connectivity index (χ0n) is 10.5. The first kappa shape index (κ1) is 12.6. The molecule has 0 unspecified atom stereocenters. The van der Waals surface area contributed by atoms with Gasteiger partial charge in [0.05, 0.1) is 19.3 Å². The van der Waals surface area contributed by atoms with Crippen LogP contribution in [-0.4, -0.2) is 27.8 Å². The molecule has 0 spiro atoms. The largest absolute Gasteiger partial charge is 0.333 e. The van der Waals surface area contributed by atoms with Gasteiger partial charge in [-0.05, 0) is 11.4 Å². The monoisotopic (exact) mass is 264 g/mol. The molecule has 2 amide bonds. The maximum atomic E-state index is 11.8. The highest BCUT2D eigenvalue weighted by Crippen LogP contribution is 2.08. The van der Waals surface area contributed by atoms with Crippen molar-refractivity contribution in [2.45, 2.75) is 13.1 Å². The lowest BCUT2D eigenvalue weighted by atomic mass is 10.3. The normalized spacial score (nSPS) is 10.3. The van der Waals surface area contributed by atoms with Crippen LogP contribution >= 0.6 is 11.3 Å². The fourth-order valence-corrected chi connectivity index (χ4v) is 2.25. The van der Waals surface area contributed by atoms with Crippen molar-refractivity contribution < 1.29 is 4.79 Å². The molecule has 0 aliphatic carbocycles. The topological polar surface area (TPSA) is 50.2 Å². The molecule has 0 aliphatic heterocycles. The number of thiophene rings is 1. The van der Waals surface area contributed by atoms with Gasteiger partial charge in [0.2, 0.25) is 0 Å². The number of carbonyl (C=O) groups excluding carboxylic acids is 1. The number of carbonyl (C=O) groups is 1. The van der Waals surface area contributed by atoms with E-state index < -0.39 is 0 Å². The van der Waals surface area contributed by atoms with Crippen LogP contribution in [0.1, 0.15) is 10.4 Å². The number of aromatic nitrogens is 2. The van der Waals surface area contributed by atoms with Gasteiger partial charge >= 0.3 is 6.03 Å². The Morgan fingerprint density at radius 2 is 2.44 bits per heavy atom. The number of hydrogen-bond acceptors (Lipinski definition) is 3. The number of amides is 2. The number of urea groups is 1. The molecule has 2 heterocycles. The summed E-state index contributed by atoms with van der Waals surface area (Å²) in [7, 11) is 3.64. The number of aryl methyl sites for hydroxylation is 1. The summed E-state index contributed by atoms with van der Waals surface area (Å²) in [5.41, 5.74) is 1.02. The van der Waals surface area contributed by atoms with Crippen molar-refractivity contribution in [1.82, 2.24) is 20.0 Å². The SMILES string of the molecule is CN(Cc1cnn(C)c1)C(=O)NCc1cccs1. The molecule has 0 fully saturated rings. The smallest absolute Gasteiger partial charge is 0.317 e.